The monoisotopic (exact) mass is 268 g/mol. The predicted octanol–water partition coefficient (Wildman–Crippen LogP) is -0.0783. The summed E-state index contributed by atoms with van der Waals surface area (Å²) in [4.78, 5) is 0. The highest BCUT2D eigenvalue weighted by Gasteiger charge is 2.01. The van der Waals surface area contributed by atoms with Crippen molar-refractivity contribution in [2.75, 3.05) is 38.3 Å². The lowest BCUT2D eigenvalue weighted by Crippen LogP contribution is -2.38. The standard InChI is InChI=1S/C9H20N2O3S2/c1-3-14-7-4-5-10-9(15)11-6-8-16(2,12)13/h3-8H2,1-2H3,(H2,10,11,15). The van der Waals surface area contributed by atoms with E-state index in [0.717, 1.165) is 19.6 Å². The molecule has 0 aliphatic heterocycles. The van der Waals surface area contributed by atoms with Gasteiger partial charge in [0.2, 0.25) is 0 Å². The Labute approximate surface area is 103 Å². The van der Waals surface area contributed by atoms with E-state index in [1.165, 1.54) is 6.26 Å². The van der Waals surface area contributed by atoms with Gasteiger partial charge in [-0.15, -0.1) is 0 Å². The van der Waals surface area contributed by atoms with E-state index in [2.05, 4.69) is 10.6 Å². The zero-order valence-electron chi connectivity index (χ0n) is 9.78. The minimum atomic E-state index is -2.92. The van der Waals surface area contributed by atoms with Gasteiger partial charge in [0.25, 0.3) is 0 Å². The molecule has 0 amide bonds. The molecule has 0 aliphatic carbocycles. The maximum atomic E-state index is 10.8. The van der Waals surface area contributed by atoms with Crippen LogP contribution in [-0.4, -0.2) is 51.8 Å². The normalized spacial score (nSPS) is 11.1. The van der Waals surface area contributed by atoms with Crippen LogP contribution in [0.5, 0.6) is 0 Å². The molecule has 0 bridgehead atoms. The third kappa shape index (κ3) is 11.7. The van der Waals surface area contributed by atoms with Crippen molar-refractivity contribution in [1.29, 1.82) is 0 Å². The topological polar surface area (TPSA) is 67.4 Å². The van der Waals surface area contributed by atoms with E-state index in [9.17, 15) is 8.42 Å². The molecule has 5 nitrogen and oxygen atoms in total. The Morgan fingerprint density at radius 3 is 2.50 bits per heavy atom. The summed E-state index contributed by atoms with van der Waals surface area (Å²) in [5, 5.41) is 6.29. The van der Waals surface area contributed by atoms with E-state index in [0.29, 0.717) is 18.3 Å². The molecule has 0 unspecified atom stereocenters. The van der Waals surface area contributed by atoms with Crippen LogP contribution in [0.25, 0.3) is 0 Å². The number of ether oxygens (including phenoxy) is 1. The minimum absolute atomic E-state index is 0.0910. The number of thiocarbonyl (C=S) groups is 1. The highest BCUT2D eigenvalue weighted by Crippen LogP contribution is 1.82. The van der Waals surface area contributed by atoms with Crippen molar-refractivity contribution in [2.45, 2.75) is 13.3 Å². The first kappa shape index (κ1) is 15.6. The quantitative estimate of drug-likeness (QED) is 0.474. The molecule has 0 spiro atoms. The van der Waals surface area contributed by atoms with E-state index < -0.39 is 9.84 Å². The molecular weight excluding hydrogens is 248 g/mol. The van der Waals surface area contributed by atoms with Crippen LogP contribution in [0.2, 0.25) is 0 Å². The summed E-state index contributed by atoms with van der Waals surface area (Å²) in [6.45, 7) is 4.44. The van der Waals surface area contributed by atoms with E-state index in [1.807, 2.05) is 6.92 Å². The van der Waals surface area contributed by atoms with Crippen LogP contribution in [0, 0.1) is 0 Å². The summed E-state index contributed by atoms with van der Waals surface area (Å²) in [7, 11) is -2.92. The SMILES string of the molecule is CCOCCCNC(=S)NCCS(C)(=O)=O. The molecule has 0 aromatic rings. The van der Waals surface area contributed by atoms with Crippen molar-refractivity contribution in [3.05, 3.63) is 0 Å². The molecule has 0 atom stereocenters. The Bertz CT molecular complexity index is 291. The van der Waals surface area contributed by atoms with E-state index >= 15 is 0 Å². The molecular formula is C9H20N2O3S2. The second-order valence-corrected chi connectivity index (χ2v) is 6.03. The molecule has 16 heavy (non-hydrogen) atoms. The first-order valence-corrected chi connectivity index (χ1v) is 7.69. The van der Waals surface area contributed by atoms with Crippen molar-refractivity contribution >= 4 is 27.2 Å². The van der Waals surface area contributed by atoms with Gasteiger partial charge in [0.15, 0.2) is 5.11 Å². The Hall–Kier alpha value is -0.400. The van der Waals surface area contributed by atoms with E-state index in [-0.39, 0.29) is 5.75 Å². The Morgan fingerprint density at radius 2 is 1.94 bits per heavy atom. The molecule has 0 aromatic heterocycles. The molecule has 7 heteroatoms. The van der Waals surface area contributed by atoms with Gasteiger partial charge in [0, 0.05) is 32.6 Å². The fraction of sp³-hybridized carbons (Fsp3) is 0.889. The fourth-order valence-electron chi connectivity index (χ4n) is 0.933. The summed E-state index contributed by atoms with van der Waals surface area (Å²) < 4.78 is 26.8. The molecule has 0 rings (SSSR count). The van der Waals surface area contributed by atoms with Gasteiger partial charge in [0.1, 0.15) is 9.84 Å². The first-order chi connectivity index (χ1) is 7.45. The average Bonchev–Trinajstić information content (AvgIpc) is 2.15. The molecule has 96 valence electrons. The lowest BCUT2D eigenvalue weighted by atomic mass is 10.4. The fourth-order valence-corrected chi connectivity index (χ4v) is 1.61. The summed E-state index contributed by atoms with van der Waals surface area (Å²) in [6.07, 6.45) is 2.08. The lowest BCUT2D eigenvalue weighted by Gasteiger charge is -2.09. The van der Waals surface area contributed by atoms with Crippen molar-refractivity contribution < 1.29 is 13.2 Å². The molecule has 0 aromatic carbocycles. The lowest BCUT2D eigenvalue weighted by molar-refractivity contribution is 0.146. The van der Waals surface area contributed by atoms with Crippen LogP contribution >= 0.6 is 12.2 Å². The van der Waals surface area contributed by atoms with Gasteiger partial charge in [-0.2, -0.15) is 0 Å². The van der Waals surface area contributed by atoms with Crippen LogP contribution in [0.4, 0.5) is 0 Å². The number of nitrogens with one attached hydrogen (secondary N) is 2. The van der Waals surface area contributed by atoms with Crippen molar-refractivity contribution in [2.24, 2.45) is 0 Å². The van der Waals surface area contributed by atoms with Crippen molar-refractivity contribution in [3.63, 3.8) is 0 Å². The van der Waals surface area contributed by atoms with Crippen molar-refractivity contribution in [1.82, 2.24) is 10.6 Å². The third-order valence-corrected chi connectivity index (χ3v) is 2.95. The number of rotatable bonds is 8. The van der Waals surface area contributed by atoms with Gasteiger partial charge >= 0.3 is 0 Å². The van der Waals surface area contributed by atoms with Crippen molar-refractivity contribution in [3.8, 4) is 0 Å². The van der Waals surface area contributed by atoms with Gasteiger partial charge in [-0.1, -0.05) is 0 Å². The number of sulfone groups is 1. The maximum absolute atomic E-state index is 10.8. The largest absolute Gasteiger partial charge is 0.382 e. The van der Waals surface area contributed by atoms with Crippen LogP contribution < -0.4 is 10.6 Å². The summed E-state index contributed by atoms with van der Waals surface area (Å²) in [6, 6.07) is 0. The minimum Gasteiger partial charge on any atom is -0.382 e. The highest BCUT2D eigenvalue weighted by molar-refractivity contribution is 7.90. The van der Waals surface area contributed by atoms with Crippen LogP contribution in [-0.2, 0) is 14.6 Å². The van der Waals surface area contributed by atoms with E-state index in [4.69, 9.17) is 17.0 Å². The summed E-state index contributed by atoms with van der Waals surface area (Å²) >= 11 is 4.96. The van der Waals surface area contributed by atoms with Crippen LogP contribution in [0.15, 0.2) is 0 Å². The molecule has 0 saturated heterocycles. The second kappa shape index (κ2) is 8.72. The smallest absolute Gasteiger partial charge is 0.166 e. The Balaban J connectivity index is 3.38. The number of hydrogen-bond donors (Lipinski definition) is 2. The maximum Gasteiger partial charge on any atom is 0.166 e. The van der Waals surface area contributed by atoms with Gasteiger partial charge in [0.05, 0.1) is 5.75 Å². The summed E-state index contributed by atoms with van der Waals surface area (Å²) in [5.41, 5.74) is 0. The van der Waals surface area contributed by atoms with Crippen LogP contribution in [0.3, 0.4) is 0 Å². The van der Waals surface area contributed by atoms with Crippen LogP contribution in [0.1, 0.15) is 13.3 Å². The molecule has 0 fully saturated rings. The molecule has 0 heterocycles. The zero-order valence-corrected chi connectivity index (χ0v) is 11.4. The van der Waals surface area contributed by atoms with Gasteiger partial charge in [-0.25, -0.2) is 8.42 Å². The summed E-state index contributed by atoms with van der Waals surface area (Å²) in [5.74, 6) is 0.0910. The van der Waals surface area contributed by atoms with Gasteiger partial charge < -0.3 is 15.4 Å². The third-order valence-electron chi connectivity index (χ3n) is 1.71. The van der Waals surface area contributed by atoms with Gasteiger partial charge in [-0.3, -0.25) is 0 Å². The molecule has 0 saturated carbocycles. The highest BCUT2D eigenvalue weighted by atomic mass is 32.2. The Morgan fingerprint density at radius 1 is 1.31 bits per heavy atom. The zero-order chi connectivity index (χ0) is 12.4. The number of hydrogen-bond acceptors (Lipinski definition) is 4. The predicted molar refractivity (Wildman–Crippen MR) is 69.4 cm³/mol. The molecule has 0 aliphatic rings. The molecule has 0 radical (unpaired) electrons. The van der Waals surface area contributed by atoms with Gasteiger partial charge in [-0.05, 0) is 25.6 Å². The second-order valence-electron chi connectivity index (χ2n) is 3.36. The average molecular weight is 268 g/mol. The van der Waals surface area contributed by atoms with E-state index in [1.54, 1.807) is 0 Å². The Kier molecular flexibility index (Phi) is 8.50. The molecule has 2 N–H and O–H groups in total. The first-order valence-electron chi connectivity index (χ1n) is 5.23.